The van der Waals surface area contributed by atoms with Crippen molar-refractivity contribution in [1.29, 1.82) is 0 Å². The van der Waals surface area contributed by atoms with Crippen LogP contribution in [0.15, 0.2) is 53.9 Å². The normalized spacial score (nSPS) is 11.1. The fourth-order valence-electron chi connectivity index (χ4n) is 2.11. The maximum Gasteiger partial charge on any atom is 0.303 e. The van der Waals surface area contributed by atoms with Gasteiger partial charge in [0, 0.05) is 24.4 Å². The molecule has 24 heavy (non-hydrogen) atoms. The van der Waals surface area contributed by atoms with E-state index in [0.717, 1.165) is 12.0 Å². The molecule has 2 rings (SSSR count). The number of benzene rings is 1. The van der Waals surface area contributed by atoms with Gasteiger partial charge in [-0.1, -0.05) is 31.2 Å². The van der Waals surface area contributed by atoms with Gasteiger partial charge in [0.15, 0.2) is 0 Å². The summed E-state index contributed by atoms with van der Waals surface area (Å²) in [7, 11) is 0. The lowest BCUT2D eigenvalue weighted by molar-refractivity contribution is -0.136. The van der Waals surface area contributed by atoms with Gasteiger partial charge in [-0.05, 0) is 29.7 Å². The molecule has 2 N–H and O–H groups in total. The fourth-order valence-corrected chi connectivity index (χ4v) is 2.11. The van der Waals surface area contributed by atoms with E-state index in [9.17, 15) is 9.59 Å². The van der Waals surface area contributed by atoms with Crippen molar-refractivity contribution < 1.29 is 14.7 Å². The molecule has 6 nitrogen and oxygen atoms in total. The Kier molecular flexibility index (Phi) is 6.19. The second kappa shape index (κ2) is 8.57. The van der Waals surface area contributed by atoms with Crippen molar-refractivity contribution in [1.82, 2.24) is 10.4 Å². The number of aryl methyl sites for hydroxylation is 1. The maximum absolute atomic E-state index is 12.1. The molecule has 1 aromatic carbocycles. The van der Waals surface area contributed by atoms with Crippen LogP contribution in [0.4, 0.5) is 0 Å². The molecule has 124 valence electrons. The standard InChI is InChI=1S/C18H19N3O3/c1-2-13-3-5-14(6-4-13)16(7-8-17(22)23)20-21-18(24)15-9-11-19-12-10-15/h3-6,9-12H,2,7-8H2,1H3,(H,21,24)(H,22,23)/b20-16-. The van der Waals surface area contributed by atoms with Gasteiger partial charge in [0.05, 0.1) is 12.1 Å². The quantitative estimate of drug-likeness (QED) is 0.605. The Hall–Kier alpha value is -3.02. The number of hydrogen-bond donors (Lipinski definition) is 2. The first kappa shape index (κ1) is 17.3. The summed E-state index contributed by atoms with van der Waals surface area (Å²) in [6, 6.07) is 10.9. The van der Waals surface area contributed by atoms with Crippen LogP contribution in [0.1, 0.15) is 41.3 Å². The number of carbonyl (C=O) groups is 2. The number of nitrogens with one attached hydrogen (secondary N) is 1. The lowest BCUT2D eigenvalue weighted by Crippen LogP contribution is -2.20. The van der Waals surface area contributed by atoms with Crippen LogP contribution in [0, 0.1) is 0 Å². The van der Waals surface area contributed by atoms with Crippen molar-refractivity contribution in [3.05, 3.63) is 65.5 Å². The average molecular weight is 325 g/mol. The van der Waals surface area contributed by atoms with Crippen molar-refractivity contribution in [2.24, 2.45) is 5.10 Å². The minimum absolute atomic E-state index is 0.0561. The molecule has 1 heterocycles. The third kappa shape index (κ3) is 5.01. The molecule has 6 heteroatoms. The molecule has 0 saturated carbocycles. The van der Waals surface area contributed by atoms with Gasteiger partial charge in [0.1, 0.15) is 0 Å². The molecule has 0 spiro atoms. The lowest BCUT2D eigenvalue weighted by Gasteiger charge is -2.07. The van der Waals surface area contributed by atoms with E-state index in [-0.39, 0.29) is 18.7 Å². The summed E-state index contributed by atoms with van der Waals surface area (Å²) in [6.07, 6.45) is 4.14. The predicted molar refractivity (Wildman–Crippen MR) is 90.9 cm³/mol. The number of pyridine rings is 1. The van der Waals surface area contributed by atoms with Crippen LogP contribution in [0.3, 0.4) is 0 Å². The highest BCUT2D eigenvalue weighted by atomic mass is 16.4. The van der Waals surface area contributed by atoms with Gasteiger partial charge in [0.2, 0.25) is 0 Å². The Morgan fingerprint density at radius 3 is 2.29 bits per heavy atom. The summed E-state index contributed by atoms with van der Waals surface area (Å²) in [5, 5.41) is 13.0. The number of aromatic nitrogens is 1. The Morgan fingerprint density at radius 1 is 1.04 bits per heavy atom. The number of nitrogens with zero attached hydrogens (tertiary/aromatic N) is 2. The molecule has 0 unspecified atom stereocenters. The van der Waals surface area contributed by atoms with Crippen molar-refractivity contribution in [3.63, 3.8) is 0 Å². The smallest absolute Gasteiger partial charge is 0.303 e. The van der Waals surface area contributed by atoms with Gasteiger partial charge in [-0.3, -0.25) is 14.6 Å². The van der Waals surface area contributed by atoms with Crippen molar-refractivity contribution in [2.45, 2.75) is 26.2 Å². The summed E-state index contributed by atoms with van der Waals surface area (Å²) in [5.41, 5.74) is 5.42. The van der Waals surface area contributed by atoms with Crippen LogP contribution in [0.5, 0.6) is 0 Å². The van der Waals surface area contributed by atoms with Gasteiger partial charge in [-0.25, -0.2) is 5.43 Å². The Morgan fingerprint density at radius 2 is 1.71 bits per heavy atom. The first-order valence-corrected chi connectivity index (χ1v) is 7.68. The molecule has 0 aliphatic carbocycles. The van der Waals surface area contributed by atoms with E-state index in [4.69, 9.17) is 5.11 Å². The highest BCUT2D eigenvalue weighted by Crippen LogP contribution is 2.10. The van der Waals surface area contributed by atoms with Gasteiger partial charge in [-0.15, -0.1) is 0 Å². The number of carbonyl (C=O) groups excluding carboxylic acids is 1. The SMILES string of the molecule is CCc1ccc(/C(CCC(=O)O)=N\NC(=O)c2ccncc2)cc1. The highest BCUT2D eigenvalue weighted by molar-refractivity contribution is 6.03. The second-order valence-corrected chi connectivity index (χ2v) is 5.18. The zero-order valence-electron chi connectivity index (χ0n) is 13.4. The van der Waals surface area contributed by atoms with Crippen LogP contribution in [0.25, 0.3) is 0 Å². The molecule has 0 aliphatic heterocycles. The molecular formula is C18H19N3O3. The summed E-state index contributed by atoms with van der Waals surface area (Å²) >= 11 is 0. The van der Waals surface area contributed by atoms with Crippen LogP contribution < -0.4 is 5.43 Å². The Bertz CT molecular complexity index is 725. The number of carboxylic acids is 1. The molecule has 2 aromatic rings. The van der Waals surface area contributed by atoms with Crippen molar-refractivity contribution in [3.8, 4) is 0 Å². The largest absolute Gasteiger partial charge is 0.481 e. The Labute approximate surface area is 140 Å². The van der Waals surface area contributed by atoms with Crippen LogP contribution in [0.2, 0.25) is 0 Å². The van der Waals surface area contributed by atoms with E-state index in [2.05, 4.69) is 22.4 Å². The summed E-state index contributed by atoms with van der Waals surface area (Å²) in [4.78, 5) is 26.8. The second-order valence-electron chi connectivity index (χ2n) is 5.18. The molecule has 0 fully saturated rings. The zero-order valence-corrected chi connectivity index (χ0v) is 13.4. The molecule has 0 radical (unpaired) electrons. The first-order chi connectivity index (χ1) is 11.6. The number of rotatable bonds is 7. The summed E-state index contributed by atoms with van der Waals surface area (Å²) in [6.45, 7) is 2.06. The number of aliphatic carboxylic acids is 1. The number of hydrazone groups is 1. The summed E-state index contributed by atoms with van der Waals surface area (Å²) in [5.74, 6) is -1.27. The van der Waals surface area contributed by atoms with Gasteiger partial charge < -0.3 is 5.11 Å². The molecule has 0 aliphatic rings. The molecule has 1 amide bonds. The maximum atomic E-state index is 12.1. The minimum Gasteiger partial charge on any atom is -0.481 e. The monoisotopic (exact) mass is 325 g/mol. The van der Waals surface area contributed by atoms with E-state index in [0.29, 0.717) is 11.3 Å². The third-order valence-electron chi connectivity index (χ3n) is 3.51. The van der Waals surface area contributed by atoms with Crippen LogP contribution >= 0.6 is 0 Å². The number of carboxylic acid groups (broad SMARTS) is 1. The molecule has 0 atom stereocenters. The predicted octanol–water partition coefficient (Wildman–Crippen LogP) is 2.64. The first-order valence-electron chi connectivity index (χ1n) is 7.68. The Balaban J connectivity index is 2.17. The van der Waals surface area contributed by atoms with E-state index >= 15 is 0 Å². The average Bonchev–Trinajstić information content (AvgIpc) is 2.62. The fraction of sp³-hybridized carbons (Fsp3) is 0.222. The lowest BCUT2D eigenvalue weighted by atomic mass is 10.0. The van der Waals surface area contributed by atoms with Gasteiger partial charge in [0.25, 0.3) is 5.91 Å². The zero-order chi connectivity index (χ0) is 17.4. The topological polar surface area (TPSA) is 91.6 Å². The highest BCUT2D eigenvalue weighted by Gasteiger charge is 2.09. The van der Waals surface area contributed by atoms with Gasteiger partial charge >= 0.3 is 5.97 Å². The number of amides is 1. The van der Waals surface area contributed by atoms with Gasteiger partial charge in [-0.2, -0.15) is 5.10 Å². The molecule has 0 bridgehead atoms. The van der Waals surface area contributed by atoms with Crippen molar-refractivity contribution in [2.75, 3.05) is 0 Å². The van der Waals surface area contributed by atoms with Crippen LogP contribution in [-0.2, 0) is 11.2 Å². The molecule has 1 aromatic heterocycles. The van der Waals surface area contributed by atoms with E-state index in [1.807, 2.05) is 24.3 Å². The van der Waals surface area contributed by atoms with Crippen LogP contribution in [-0.4, -0.2) is 27.7 Å². The van der Waals surface area contributed by atoms with E-state index in [1.54, 1.807) is 12.1 Å². The summed E-state index contributed by atoms with van der Waals surface area (Å²) < 4.78 is 0. The van der Waals surface area contributed by atoms with E-state index < -0.39 is 5.97 Å². The molecular weight excluding hydrogens is 306 g/mol. The minimum atomic E-state index is -0.909. The molecule has 0 saturated heterocycles. The van der Waals surface area contributed by atoms with E-state index in [1.165, 1.54) is 18.0 Å². The number of hydrogen-bond acceptors (Lipinski definition) is 4. The van der Waals surface area contributed by atoms with Crippen molar-refractivity contribution >= 4 is 17.6 Å². The third-order valence-corrected chi connectivity index (χ3v) is 3.51.